The highest BCUT2D eigenvalue weighted by atomic mass is 32.2. The van der Waals surface area contributed by atoms with Crippen molar-refractivity contribution in [1.82, 2.24) is 4.31 Å². The van der Waals surface area contributed by atoms with Crippen LogP contribution >= 0.6 is 0 Å². The molecule has 0 unspecified atom stereocenters. The van der Waals surface area contributed by atoms with E-state index in [4.69, 9.17) is 4.74 Å². The number of benzene rings is 1. The summed E-state index contributed by atoms with van der Waals surface area (Å²) in [6.07, 6.45) is 0.685. The zero-order chi connectivity index (χ0) is 20.9. The number of nitrogens with one attached hydrogen (secondary N) is 2. The second-order valence-electron chi connectivity index (χ2n) is 8.46. The van der Waals surface area contributed by atoms with Crippen molar-refractivity contribution in [2.75, 3.05) is 65.6 Å². The molecule has 0 amide bonds. The predicted octanol–water partition coefficient (Wildman–Crippen LogP) is -1.63. The Kier molecular flexibility index (Phi) is 8.07. The lowest BCUT2D eigenvalue weighted by Crippen LogP contribution is -3.19. The van der Waals surface area contributed by atoms with E-state index in [9.17, 15) is 13.5 Å². The molecule has 1 aromatic carbocycles. The molecule has 8 heteroatoms. The first-order valence-electron chi connectivity index (χ1n) is 10.9. The van der Waals surface area contributed by atoms with Crippen LogP contribution in [0.25, 0.3) is 0 Å². The Hall–Kier alpha value is -1.03. The van der Waals surface area contributed by atoms with Gasteiger partial charge < -0.3 is 19.6 Å². The van der Waals surface area contributed by atoms with Gasteiger partial charge in [0.05, 0.1) is 44.3 Å². The Bertz CT molecular complexity index is 727. The van der Waals surface area contributed by atoms with Crippen LogP contribution in [-0.2, 0) is 14.8 Å². The van der Waals surface area contributed by atoms with Crippen LogP contribution in [0.5, 0.6) is 0 Å². The van der Waals surface area contributed by atoms with Gasteiger partial charge in [-0.25, -0.2) is 8.42 Å². The molecule has 0 aromatic heterocycles. The average Bonchev–Trinajstić information content (AvgIpc) is 2.74. The molecule has 2 aliphatic heterocycles. The van der Waals surface area contributed by atoms with Gasteiger partial charge in [0.15, 0.2) is 6.10 Å². The molecule has 2 saturated heterocycles. The first-order valence-corrected chi connectivity index (χ1v) is 12.4. The van der Waals surface area contributed by atoms with E-state index in [0.29, 0.717) is 30.4 Å². The minimum atomic E-state index is -3.45. The summed E-state index contributed by atoms with van der Waals surface area (Å²) in [5, 5.41) is 10.4. The van der Waals surface area contributed by atoms with E-state index < -0.39 is 10.0 Å². The molecule has 1 aromatic rings. The number of rotatable bonds is 8. The lowest BCUT2D eigenvalue weighted by atomic mass is 9.99. The number of hydrogen-bond donors (Lipinski definition) is 3. The summed E-state index contributed by atoms with van der Waals surface area (Å²) in [6, 6.07) is 7.36. The van der Waals surface area contributed by atoms with Crippen LogP contribution in [-0.4, -0.2) is 89.5 Å². The van der Waals surface area contributed by atoms with E-state index in [1.165, 1.54) is 15.4 Å². The molecular formula is C21H37N3O4S+2. The topological polar surface area (TPSA) is 75.7 Å². The summed E-state index contributed by atoms with van der Waals surface area (Å²) < 4.78 is 32.9. The quantitative estimate of drug-likeness (QED) is 0.466. The lowest BCUT2D eigenvalue weighted by Gasteiger charge is -2.33. The van der Waals surface area contributed by atoms with Gasteiger partial charge in [-0.2, -0.15) is 4.31 Å². The minimum Gasteiger partial charge on any atom is -0.382 e. The summed E-state index contributed by atoms with van der Waals surface area (Å²) in [6.45, 7) is 11.6. The van der Waals surface area contributed by atoms with Crippen molar-refractivity contribution in [3.05, 3.63) is 29.8 Å². The molecule has 0 saturated carbocycles. The van der Waals surface area contributed by atoms with E-state index in [1.54, 1.807) is 16.4 Å². The SMILES string of the molecule is CC[C@H](C)c1ccc(S(=O)(=O)N2CC[NH+](C[C@H](O)C[NH+]3CCOCC3)CC2)cc1. The van der Waals surface area contributed by atoms with E-state index in [0.717, 1.165) is 52.4 Å². The first-order chi connectivity index (χ1) is 13.9. The molecule has 29 heavy (non-hydrogen) atoms. The number of ether oxygens (including phenoxy) is 1. The van der Waals surface area contributed by atoms with Gasteiger partial charge >= 0.3 is 0 Å². The Labute approximate surface area is 175 Å². The number of sulfonamides is 1. The standard InChI is InChI=1S/C21H35N3O4S/c1-3-18(2)19-4-6-21(7-5-19)29(26,27)24-10-8-22(9-11-24)16-20(25)17-23-12-14-28-15-13-23/h4-7,18,20,25H,3,8-17H2,1-2H3/p+2/t18-,20-/m0/s1. The fourth-order valence-corrected chi connectivity index (χ4v) is 5.64. The summed E-state index contributed by atoms with van der Waals surface area (Å²) in [5.74, 6) is 0.435. The Balaban J connectivity index is 1.50. The van der Waals surface area contributed by atoms with Gasteiger partial charge in [0.2, 0.25) is 10.0 Å². The molecule has 3 N–H and O–H groups in total. The van der Waals surface area contributed by atoms with E-state index in [-0.39, 0.29) is 6.10 Å². The number of morpholine rings is 1. The van der Waals surface area contributed by atoms with Crippen molar-refractivity contribution >= 4 is 10.0 Å². The second kappa shape index (κ2) is 10.3. The van der Waals surface area contributed by atoms with Crippen molar-refractivity contribution in [2.24, 2.45) is 0 Å². The number of quaternary nitrogens is 2. The van der Waals surface area contributed by atoms with Crippen molar-refractivity contribution in [2.45, 2.75) is 37.2 Å². The monoisotopic (exact) mass is 427 g/mol. The number of nitrogens with zero attached hydrogens (tertiary/aromatic N) is 1. The van der Waals surface area contributed by atoms with E-state index in [1.807, 2.05) is 12.1 Å². The fourth-order valence-electron chi connectivity index (χ4n) is 4.20. The smallest absolute Gasteiger partial charge is 0.243 e. The molecule has 164 valence electrons. The molecule has 3 rings (SSSR count). The molecule has 0 spiro atoms. The van der Waals surface area contributed by atoms with Crippen molar-refractivity contribution in [3.8, 4) is 0 Å². The third kappa shape index (κ3) is 5.99. The molecule has 0 aliphatic carbocycles. The predicted molar refractivity (Wildman–Crippen MR) is 112 cm³/mol. The Morgan fingerprint density at radius 1 is 1.03 bits per heavy atom. The van der Waals surface area contributed by atoms with Gasteiger partial charge in [-0.1, -0.05) is 26.0 Å². The summed E-state index contributed by atoms with van der Waals surface area (Å²) in [5.41, 5.74) is 1.18. The van der Waals surface area contributed by atoms with E-state index >= 15 is 0 Å². The van der Waals surface area contributed by atoms with Gasteiger partial charge in [-0.3, -0.25) is 0 Å². The molecule has 2 atom stereocenters. The fraction of sp³-hybridized carbons (Fsp3) is 0.714. The lowest BCUT2D eigenvalue weighted by molar-refractivity contribution is -0.930. The maximum absolute atomic E-state index is 13.0. The van der Waals surface area contributed by atoms with Crippen molar-refractivity contribution < 1.29 is 28.1 Å². The van der Waals surface area contributed by atoms with Crippen LogP contribution < -0.4 is 9.80 Å². The average molecular weight is 428 g/mol. The third-order valence-electron chi connectivity index (χ3n) is 6.38. The largest absolute Gasteiger partial charge is 0.382 e. The molecule has 2 aliphatic rings. The molecule has 2 fully saturated rings. The third-order valence-corrected chi connectivity index (χ3v) is 8.29. The molecule has 0 bridgehead atoms. The van der Waals surface area contributed by atoms with Gasteiger partial charge in [0, 0.05) is 0 Å². The number of aliphatic hydroxyl groups excluding tert-OH is 1. The van der Waals surface area contributed by atoms with Crippen LogP contribution in [0.4, 0.5) is 0 Å². The molecule has 7 nitrogen and oxygen atoms in total. The van der Waals surface area contributed by atoms with Crippen LogP contribution in [0.15, 0.2) is 29.2 Å². The van der Waals surface area contributed by atoms with Crippen molar-refractivity contribution in [3.63, 3.8) is 0 Å². The maximum Gasteiger partial charge on any atom is 0.243 e. The van der Waals surface area contributed by atoms with E-state index in [2.05, 4.69) is 13.8 Å². The number of hydrogen-bond acceptors (Lipinski definition) is 4. The number of piperazine rings is 1. The van der Waals surface area contributed by atoms with Crippen LogP contribution in [0.2, 0.25) is 0 Å². The molecule has 0 radical (unpaired) electrons. The first kappa shape index (κ1) is 22.7. The summed E-state index contributed by atoms with van der Waals surface area (Å²) in [7, 11) is -3.45. The Morgan fingerprint density at radius 3 is 2.14 bits per heavy atom. The summed E-state index contributed by atoms with van der Waals surface area (Å²) >= 11 is 0. The van der Waals surface area contributed by atoms with Gasteiger partial charge in [0.25, 0.3) is 0 Å². The normalized spacial score (nSPS) is 22.4. The van der Waals surface area contributed by atoms with Gasteiger partial charge in [0.1, 0.15) is 26.2 Å². The highest BCUT2D eigenvalue weighted by molar-refractivity contribution is 7.89. The zero-order valence-electron chi connectivity index (χ0n) is 17.8. The van der Waals surface area contributed by atoms with Crippen LogP contribution in [0.1, 0.15) is 31.7 Å². The highest BCUT2D eigenvalue weighted by Gasteiger charge is 2.32. The maximum atomic E-state index is 13.0. The van der Waals surface area contributed by atoms with Crippen molar-refractivity contribution in [1.29, 1.82) is 0 Å². The van der Waals surface area contributed by atoms with Gasteiger partial charge in [-0.15, -0.1) is 0 Å². The molecule has 2 heterocycles. The Morgan fingerprint density at radius 2 is 1.59 bits per heavy atom. The minimum absolute atomic E-state index is 0.352. The van der Waals surface area contributed by atoms with Crippen LogP contribution in [0, 0.1) is 0 Å². The number of aliphatic hydroxyl groups is 1. The highest BCUT2D eigenvalue weighted by Crippen LogP contribution is 2.22. The van der Waals surface area contributed by atoms with Crippen LogP contribution in [0.3, 0.4) is 0 Å². The summed E-state index contributed by atoms with van der Waals surface area (Å²) in [4.78, 5) is 3.05. The second-order valence-corrected chi connectivity index (χ2v) is 10.4. The molecular weight excluding hydrogens is 390 g/mol. The van der Waals surface area contributed by atoms with Gasteiger partial charge in [-0.05, 0) is 30.0 Å². The zero-order valence-corrected chi connectivity index (χ0v) is 18.6.